The van der Waals surface area contributed by atoms with Gasteiger partial charge in [0.15, 0.2) is 5.82 Å². The van der Waals surface area contributed by atoms with Crippen LogP contribution < -0.4 is 25.2 Å². The molecule has 0 radical (unpaired) electrons. The highest BCUT2D eigenvalue weighted by Crippen LogP contribution is 2.58. The summed E-state index contributed by atoms with van der Waals surface area (Å²) in [5.74, 6) is 0.0471. The number of benzene rings is 3. The van der Waals surface area contributed by atoms with Gasteiger partial charge in [0.05, 0.1) is 40.9 Å². The van der Waals surface area contributed by atoms with Gasteiger partial charge in [0, 0.05) is 61.2 Å². The van der Waals surface area contributed by atoms with Crippen molar-refractivity contribution in [3.05, 3.63) is 88.8 Å². The molecule has 3 N–H and O–H groups in total. The highest BCUT2D eigenvalue weighted by molar-refractivity contribution is 6.15. The Morgan fingerprint density at radius 3 is 2.51 bits per heavy atom. The molecule has 2 saturated heterocycles. The molecule has 10 rings (SSSR count). The number of aryl methyl sites for hydroxylation is 1. The van der Waals surface area contributed by atoms with Crippen molar-refractivity contribution in [2.24, 2.45) is 0 Å². The predicted octanol–water partition coefficient (Wildman–Crippen LogP) is 5.77. The Balaban J connectivity index is 0.843. The molecule has 16 heteroatoms. The van der Waals surface area contributed by atoms with Crippen molar-refractivity contribution in [1.82, 2.24) is 40.6 Å². The van der Waals surface area contributed by atoms with Gasteiger partial charge in [-0.05, 0) is 79.6 Å². The van der Waals surface area contributed by atoms with Crippen molar-refractivity contribution in [2.75, 3.05) is 43.1 Å². The van der Waals surface area contributed by atoms with Gasteiger partial charge < -0.3 is 24.5 Å². The average Bonchev–Trinajstić information content (AvgIpc) is 3.64. The van der Waals surface area contributed by atoms with Crippen molar-refractivity contribution in [3.8, 4) is 17.0 Å². The highest BCUT2D eigenvalue weighted by Gasteiger charge is 2.61. The van der Waals surface area contributed by atoms with E-state index in [9.17, 15) is 19.2 Å². The van der Waals surface area contributed by atoms with Crippen LogP contribution in [0.4, 0.5) is 11.4 Å². The molecule has 4 aliphatic rings. The molecular weight excluding hydrogens is 801 g/mol. The predicted molar refractivity (Wildman–Crippen MR) is 236 cm³/mol. The lowest BCUT2D eigenvalue weighted by Crippen LogP contribution is -2.54. The first-order valence-electron chi connectivity index (χ1n) is 21.6. The quantitative estimate of drug-likeness (QED) is 0.149. The minimum atomic E-state index is -0.656. The van der Waals surface area contributed by atoms with Gasteiger partial charge in [-0.15, -0.1) is 0 Å². The van der Waals surface area contributed by atoms with Gasteiger partial charge in [-0.25, -0.2) is 9.97 Å². The summed E-state index contributed by atoms with van der Waals surface area (Å²) in [4.78, 5) is 75.1. The number of nitrogens with zero attached hydrogens (tertiary/aromatic N) is 7. The zero-order valence-corrected chi connectivity index (χ0v) is 36.3. The number of imide groups is 1. The Bertz CT molecular complexity index is 2860. The van der Waals surface area contributed by atoms with Crippen LogP contribution in [0.3, 0.4) is 0 Å². The molecule has 1 unspecified atom stereocenters. The summed E-state index contributed by atoms with van der Waals surface area (Å²) in [6.07, 6.45) is 3.70. The SMILES string of the molecule is COc1cc2c(cc1N1CCN(Cc3ccc4c(c3)C3(CC3)C(=O)N4C3CCC(=O)NC3=O)CC1)[nH]c1ncnc(-c3ccc([C@@H](C)NC(=O)c4nc(C(C)(C)C)no4)c(C)c3)c12. The number of piperazine rings is 1. The maximum atomic E-state index is 13.7. The van der Waals surface area contributed by atoms with Crippen molar-refractivity contribution in [3.63, 3.8) is 0 Å². The van der Waals surface area contributed by atoms with Crippen LogP contribution in [-0.4, -0.2) is 93.0 Å². The lowest BCUT2D eigenvalue weighted by atomic mass is 9.96. The molecule has 0 bridgehead atoms. The van der Waals surface area contributed by atoms with Crippen LogP contribution in [0.15, 0.2) is 59.4 Å². The number of amides is 4. The fourth-order valence-corrected chi connectivity index (χ4v) is 9.62. The second kappa shape index (κ2) is 15.0. The Morgan fingerprint density at radius 2 is 1.81 bits per heavy atom. The summed E-state index contributed by atoms with van der Waals surface area (Å²) in [5.41, 5.74) is 8.36. The number of carbonyl (C=O) groups excluding carboxylic acids is 4. The third kappa shape index (κ3) is 6.96. The number of aromatic nitrogens is 5. The van der Waals surface area contributed by atoms with Crippen LogP contribution >= 0.6 is 0 Å². The molecule has 4 amide bonds. The van der Waals surface area contributed by atoms with Gasteiger partial charge in [-0.2, -0.15) is 4.98 Å². The zero-order valence-electron chi connectivity index (χ0n) is 36.3. The van der Waals surface area contributed by atoms with E-state index < -0.39 is 23.3 Å². The number of anilines is 2. The fourth-order valence-electron chi connectivity index (χ4n) is 9.62. The minimum absolute atomic E-state index is 0.0159. The maximum Gasteiger partial charge on any atom is 0.315 e. The number of H-pyrrole nitrogens is 1. The van der Waals surface area contributed by atoms with E-state index in [4.69, 9.17) is 14.2 Å². The van der Waals surface area contributed by atoms with Gasteiger partial charge in [-0.1, -0.05) is 50.2 Å². The Morgan fingerprint density at radius 1 is 1.02 bits per heavy atom. The number of aromatic amines is 1. The summed E-state index contributed by atoms with van der Waals surface area (Å²) in [6.45, 7) is 13.8. The van der Waals surface area contributed by atoms with Crippen LogP contribution in [0, 0.1) is 6.92 Å². The Labute approximate surface area is 363 Å². The molecule has 2 atom stereocenters. The smallest absolute Gasteiger partial charge is 0.315 e. The van der Waals surface area contributed by atoms with E-state index in [1.165, 1.54) is 0 Å². The Kier molecular flexibility index (Phi) is 9.62. The topological polar surface area (TPSA) is 192 Å². The third-order valence-electron chi connectivity index (χ3n) is 13.2. The number of nitrogens with one attached hydrogen (secondary N) is 3. The van der Waals surface area contributed by atoms with E-state index in [0.717, 1.165) is 118 Å². The number of hydrogen-bond acceptors (Lipinski definition) is 12. The van der Waals surface area contributed by atoms with E-state index in [2.05, 4.69) is 70.9 Å². The number of methoxy groups -OCH3 is 1. The van der Waals surface area contributed by atoms with E-state index >= 15 is 0 Å². The van der Waals surface area contributed by atoms with Crippen LogP contribution in [0.2, 0.25) is 0 Å². The molecular formula is C47H50N10O6. The fraction of sp³-hybridized carbons (Fsp3) is 0.404. The summed E-state index contributed by atoms with van der Waals surface area (Å²) in [7, 11) is 1.70. The first kappa shape index (κ1) is 40.4. The number of fused-ring (bicyclic) bond motifs is 5. The molecule has 1 aliphatic carbocycles. The lowest BCUT2D eigenvalue weighted by Gasteiger charge is -2.36. The van der Waals surface area contributed by atoms with Crippen molar-refractivity contribution in [2.45, 2.75) is 89.8 Å². The van der Waals surface area contributed by atoms with E-state index in [0.29, 0.717) is 12.2 Å². The van der Waals surface area contributed by atoms with E-state index in [1.54, 1.807) is 18.3 Å². The van der Waals surface area contributed by atoms with E-state index in [-0.39, 0.29) is 35.6 Å². The first-order chi connectivity index (χ1) is 30.2. The maximum absolute atomic E-state index is 13.7. The summed E-state index contributed by atoms with van der Waals surface area (Å²) in [5, 5.41) is 11.2. The first-order valence-corrected chi connectivity index (χ1v) is 21.6. The van der Waals surface area contributed by atoms with Gasteiger partial charge in [0.1, 0.15) is 23.8 Å². The van der Waals surface area contributed by atoms with Gasteiger partial charge in [0.2, 0.25) is 17.7 Å². The molecule has 3 fully saturated rings. The van der Waals surface area contributed by atoms with Crippen LogP contribution in [0.1, 0.15) is 98.2 Å². The van der Waals surface area contributed by atoms with Crippen LogP contribution in [0.25, 0.3) is 33.2 Å². The largest absolute Gasteiger partial charge is 0.495 e. The lowest BCUT2D eigenvalue weighted by molar-refractivity contribution is -0.135. The molecule has 3 aromatic carbocycles. The van der Waals surface area contributed by atoms with Crippen molar-refractivity contribution >= 4 is 56.9 Å². The molecule has 6 heterocycles. The molecule has 3 aromatic heterocycles. The standard InChI is InChI=1S/C47H50N10O6/c1-25-19-28(8-9-29(25)26(2)50-42(60)43-53-44(54-63-43)46(3,4)5)39-38-30-21-36(62-6)35(22-32(30)51-40(38)49-24-48-39)56-17-15-55(16-18-56)23-27-7-10-33-31(20-27)47(13-14-47)45(61)57(33)34-11-12-37(58)52-41(34)59/h7-10,19-22,24,26,34H,11-18,23H2,1-6H3,(H,50,60)(H,48,49,51)(H,52,58,59)/t26-,34?/m1/s1. The summed E-state index contributed by atoms with van der Waals surface area (Å²) >= 11 is 0. The molecule has 63 heavy (non-hydrogen) atoms. The molecule has 6 aromatic rings. The zero-order chi connectivity index (χ0) is 43.9. The molecule has 16 nitrogen and oxygen atoms in total. The molecule has 3 aliphatic heterocycles. The average molecular weight is 851 g/mol. The minimum Gasteiger partial charge on any atom is -0.495 e. The van der Waals surface area contributed by atoms with Crippen LogP contribution in [-0.2, 0) is 31.8 Å². The summed E-state index contributed by atoms with van der Waals surface area (Å²) in [6, 6.07) is 15.6. The second-order valence-electron chi connectivity index (χ2n) is 18.4. The normalized spacial score (nSPS) is 19.2. The Hall–Kier alpha value is -6.68. The second-order valence-corrected chi connectivity index (χ2v) is 18.4. The highest BCUT2D eigenvalue weighted by atomic mass is 16.5. The number of ether oxygens (including phenoxy) is 1. The van der Waals surface area contributed by atoms with Gasteiger partial charge >= 0.3 is 11.8 Å². The van der Waals surface area contributed by atoms with E-state index in [1.807, 2.05) is 52.8 Å². The number of carbonyl (C=O) groups is 4. The number of hydrogen-bond donors (Lipinski definition) is 3. The van der Waals surface area contributed by atoms with Crippen molar-refractivity contribution < 1.29 is 28.4 Å². The third-order valence-corrected chi connectivity index (χ3v) is 13.2. The monoisotopic (exact) mass is 850 g/mol. The number of rotatable bonds is 9. The van der Waals surface area contributed by atoms with Crippen molar-refractivity contribution in [1.29, 1.82) is 0 Å². The van der Waals surface area contributed by atoms with Gasteiger partial charge in [-0.3, -0.25) is 34.3 Å². The molecule has 324 valence electrons. The van der Waals surface area contributed by atoms with Gasteiger partial charge in [0.25, 0.3) is 0 Å². The summed E-state index contributed by atoms with van der Waals surface area (Å²) < 4.78 is 11.3. The molecule has 1 spiro atoms. The molecule has 1 saturated carbocycles. The van der Waals surface area contributed by atoms with Crippen LogP contribution in [0.5, 0.6) is 5.75 Å². The number of piperidine rings is 1.